The summed E-state index contributed by atoms with van der Waals surface area (Å²) < 4.78 is 32.3. The predicted octanol–water partition coefficient (Wildman–Crippen LogP) is 3.86. The van der Waals surface area contributed by atoms with Crippen LogP contribution in [0.25, 0.3) is 0 Å². The molecule has 0 aromatic heterocycles. The fourth-order valence-electron chi connectivity index (χ4n) is 1.86. The molecule has 3 nitrogen and oxygen atoms in total. The smallest absolute Gasteiger partial charge is 0.196 e. The van der Waals surface area contributed by atoms with Gasteiger partial charge in [-0.25, -0.2) is 8.78 Å². The van der Waals surface area contributed by atoms with Gasteiger partial charge in [0.1, 0.15) is 17.4 Å². The second-order valence-corrected chi connectivity index (χ2v) is 5.32. The first-order chi connectivity index (χ1) is 9.85. The van der Waals surface area contributed by atoms with Gasteiger partial charge in [-0.3, -0.25) is 4.79 Å². The molecule has 6 heteroatoms. The lowest BCUT2D eigenvalue weighted by Gasteiger charge is -2.10. The molecule has 2 aromatic rings. The summed E-state index contributed by atoms with van der Waals surface area (Å²) in [5, 5.41) is 0. The first kappa shape index (κ1) is 15.4. The van der Waals surface area contributed by atoms with E-state index < -0.39 is 17.4 Å². The number of ketones is 1. The molecule has 0 unspecified atom stereocenters. The van der Waals surface area contributed by atoms with Gasteiger partial charge in [-0.15, -0.1) is 0 Å². The van der Waals surface area contributed by atoms with Gasteiger partial charge in [-0.2, -0.15) is 0 Å². The standard InChI is InChI=1S/C15H12BrF2NO2/c1-7-11(17)3-8(4-13(7)19)15(20)9-5-10(16)12(18)6-14(9)21-2/h3-6H,19H2,1-2H3. The van der Waals surface area contributed by atoms with Crippen molar-refractivity contribution in [3.8, 4) is 5.75 Å². The van der Waals surface area contributed by atoms with Crippen LogP contribution < -0.4 is 10.5 Å². The van der Waals surface area contributed by atoms with E-state index in [9.17, 15) is 13.6 Å². The number of ether oxygens (including phenoxy) is 1. The largest absolute Gasteiger partial charge is 0.496 e. The van der Waals surface area contributed by atoms with Gasteiger partial charge in [0, 0.05) is 22.9 Å². The Labute approximate surface area is 128 Å². The lowest BCUT2D eigenvalue weighted by Crippen LogP contribution is -2.07. The van der Waals surface area contributed by atoms with Crippen LogP contribution in [-0.4, -0.2) is 12.9 Å². The maximum absolute atomic E-state index is 13.7. The quantitative estimate of drug-likeness (QED) is 0.671. The van der Waals surface area contributed by atoms with E-state index in [1.54, 1.807) is 0 Å². The molecule has 0 amide bonds. The van der Waals surface area contributed by atoms with Gasteiger partial charge in [0.25, 0.3) is 0 Å². The van der Waals surface area contributed by atoms with Crippen LogP contribution in [0.5, 0.6) is 5.75 Å². The van der Waals surface area contributed by atoms with Gasteiger partial charge in [-0.1, -0.05) is 0 Å². The number of carbonyl (C=O) groups excluding carboxylic acids is 1. The second-order valence-electron chi connectivity index (χ2n) is 4.47. The highest BCUT2D eigenvalue weighted by atomic mass is 79.9. The third-order valence-corrected chi connectivity index (χ3v) is 3.74. The van der Waals surface area contributed by atoms with Crippen LogP contribution in [-0.2, 0) is 0 Å². The van der Waals surface area contributed by atoms with Crippen molar-refractivity contribution < 1.29 is 18.3 Å². The number of rotatable bonds is 3. The summed E-state index contributed by atoms with van der Waals surface area (Å²) in [4.78, 5) is 12.5. The SMILES string of the molecule is COc1cc(F)c(Br)cc1C(=O)c1cc(N)c(C)c(F)c1. The van der Waals surface area contributed by atoms with Gasteiger partial charge in [0.2, 0.25) is 0 Å². The summed E-state index contributed by atoms with van der Waals surface area (Å²) in [6, 6.07) is 4.87. The summed E-state index contributed by atoms with van der Waals surface area (Å²) in [5.41, 5.74) is 6.32. The van der Waals surface area contributed by atoms with Crippen LogP contribution in [0, 0.1) is 18.6 Å². The van der Waals surface area contributed by atoms with Crippen molar-refractivity contribution in [2.45, 2.75) is 6.92 Å². The molecular weight excluding hydrogens is 344 g/mol. The molecule has 0 fully saturated rings. The van der Waals surface area contributed by atoms with Crippen molar-refractivity contribution in [1.82, 2.24) is 0 Å². The van der Waals surface area contributed by atoms with Gasteiger partial charge in [0.15, 0.2) is 5.78 Å². The molecule has 0 aliphatic rings. The first-order valence-electron chi connectivity index (χ1n) is 5.98. The highest BCUT2D eigenvalue weighted by Gasteiger charge is 2.19. The minimum atomic E-state index is -0.571. The van der Waals surface area contributed by atoms with Crippen LogP contribution in [0.2, 0.25) is 0 Å². The average molecular weight is 356 g/mol. The Morgan fingerprint density at radius 1 is 1.19 bits per heavy atom. The number of anilines is 1. The van der Waals surface area contributed by atoms with Crippen LogP contribution >= 0.6 is 15.9 Å². The van der Waals surface area contributed by atoms with Crippen LogP contribution in [0.15, 0.2) is 28.7 Å². The number of benzene rings is 2. The molecule has 0 aliphatic heterocycles. The topological polar surface area (TPSA) is 52.3 Å². The second kappa shape index (κ2) is 5.81. The summed E-state index contributed by atoms with van der Waals surface area (Å²) in [6.45, 7) is 1.52. The molecule has 2 aromatic carbocycles. The highest BCUT2D eigenvalue weighted by molar-refractivity contribution is 9.10. The number of carbonyl (C=O) groups is 1. The normalized spacial score (nSPS) is 10.5. The number of nitrogen functional groups attached to an aromatic ring is 1. The Bertz CT molecular complexity index is 709. The minimum absolute atomic E-state index is 0.0697. The number of methoxy groups -OCH3 is 1. The molecule has 0 saturated heterocycles. The first-order valence-corrected chi connectivity index (χ1v) is 6.77. The molecule has 2 N–H and O–H groups in total. The zero-order valence-corrected chi connectivity index (χ0v) is 12.9. The monoisotopic (exact) mass is 355 g/mol. The van der Waals surface area contributed by atoms with E-state index >= 15 is 0 Å². The van der Waals surface area contributed by atoms with Gasteiger partial charge in [0.05, 0.1) is 17.1 Å². The van der Waals surface area contributed by atoms with Crippen molar-refractivity contribution in [2.75, 3.05) is 12.8 Å². The molecule has 110 valence electrons. The van der Waals surface area contributed by atoms with E-state index in [1.165, 1.54) is 26.2 Å². The molecule has 0 spiro atoms. The minimum Gasteiger partial charge on any atom is -0.496 e. The van der Waals surface area contributed by atoms with E-state index in [4.69, 9.17) is 10.5 Å². The Morgan fingerprint density at radius 3 is 2.43 bits per heavy atom. The fourth-order valence-corrected chi connectivity index (χ4v) is 2.21. The number of hydrogen-bond donors (Lipinski definition) is 1. The Hall–Kier alpha value is -1.95. The summed E-state index contributed by atoms with van der Waals surface area (Å²) >= 11 is 3.01. The molecule has 0 aliphatic carbocycles. The van der Waals surface area contributed by atoms with E-state index in [1.807, 2.05) is 0 Å². The van der Waals surface area contributed by atoms with Crippen molar-refractivity contribution >= 4 is 27.4 Å². The van der Waals surface area contributed by atoms with Gasteiger partial charge >= 0.3 is 0 Å². The molecule has 0 saturated carbocycles. The summed E-state index contributed by atoms with van der Waals surface area (Å²) in [5.74, 6) is -1.56. The van der Waals surface area contributed by atoms with E-state index in [0.717, 1.165) is 12.1 Å². The van der Waals surface area contributed by atoms with Crippen LogP contribution in [0.3, 0.4) is 0 Å². The highest BCUT2D eigenvalue weighted by Crippen LogP contribution is 2.29. The zero-order chi connectivity index (χ0) is 15.7. The van der Waals surface area contributed by atoms with Crippen molar-refractivity contribution in [1.29, 1.82) is 0 Å². The number of hydrogen-bond acceptors (Lipinski definition) is 3. The van der Waals surface area contributed by atoms with Gasteiger partial charge in [-0.05, 0) is 41.1 Å². The lowest BCUT2D eigenvalue weighted by molar-refractivity contribution is 0.103. The van der Waals surface area contributed by atoms with E-state index in [0.29, 0.717) is 0 Å². The van der Waals surface area contributed by atoms with E-state index in [-0.39, 0.29) is 32.6 Å². The Morgan fingerprint density at radius 2 is 1.86 bits per heavy atom. The maximum Gasteiger partial charge on any atom is 0.196 e. The van der Waals surface area contributed by atoms with Crippen molar-refractivity contribution in [2.24, 2.45) is 0 Å². The average Bonchev–Trinajstić information content (AvgIpc) is 2.45. The molecule has 0 radical (unpaired) electrons. The Kier molecular flexibility index (Phi) is 4.27. The number of nitrogens with two attached hydrogens (primary N) is 1. The predicted molar refractivity (Wildman–Crippen MR) is 79.6 cm³/mol. The van der Waals surface area contributed by atoms with Gasteiger partial charge < -0.3 is 10.5 Å². The van der Waals surface area contributed by atoms with Crippen molar-refractivity contribution in [3.63, 3.8) is 0 Å². The molecule has 0 bridgehead atoms. The van der Waals surface area contributed by atoms with Crippen molar-refractivity contribution in [3.05, 3.63) is 57.1 Å². The summed E-state index contributed by atoms with van der Waals surface area (Å²) in [7, 11) is 1.32. The number of halogens is 3. The van der Waals surface area contributed by atoms with E-state index in [2.05, 4.69) is 15.9 Å². The van der Waals surface area contributed by atoms with Crippen LogP contribution in [0.4, 0.5) is 14.5 Å². The lowest BCUT2D eigenvalue weighted by atomic mass is 10.00. The third-order valence-electron chi connectivity index (χ3n) is 3.13. The molecule has 21 heavy (non-hydrogen) atoms. The maximum atomic E-state index is 13.7. The molecule has 0 atom stereocenters. The molecular formula is C15H12BrF2NO2. The third kappa shape index (κ3) is 2.90. The zero-order valence-electron chi connectivity index (χ0n) is 11.3. The van der Waals surface area contributed by atoms with Crippen LogP contribution in [0.1, 0.15) is 21.5 Å². The molecule has 2 rings (SSSR count). The Balaban J connectivity index is 2.57. The summed E-state index contributed by atoms with van der Waals surface area (Å²) in [6.07, 6.45) is 0. The fraction of sp³-hybridized carbons (Fsp3) is 0.133. The molecule has 0 heterocycles.